The Bertz CT molecular complexity index is 1410. The Morgan fingerprint density at radius 3 is 2.52 bits per heavy atom. The first-order chi connectivity index (χ1) is 15.9. The summed E-state index contributed by atoms with van der Waals surface area (Å²) in [6, 6.07) is 14.5. The van der Waals surface area contributed by atoms with Crippen molar-refractivity contribution in [1.82, 2.24) is 14.8 Å². The van der Waals surface area contributed by atoms with Gasteiger partial charge in [0.1, 0.15) is 6.61 Å². The van der Waals surface area contributed by atoms with Crippen molar-refractivity contribution >= 4 is 44.8 Å². The van der Waals surface area contributed by atoms with Crippen LogP contribution in [-0.4, -0.2) is 26.6 Å². The summed E-state index contributed by atoms with van der Waals surface area (Å²) in [7, 11) is 1.49. The summed E-state index contributed by atoms with van der Waals surface area (Å²) in [6.07, 6.45) is 0.774. The summed E-state index contributed by atoms with van der Waals surface area (Å²) < 4.78 is 6.57. The van der Waals surface area contributed by atoms with E-state index in [1.807, 2.05) is 31.2 Å². The van der Waals surface area contributed by atoms with E-state index in [0.717, 1.165) is 22.4 Å². The zero-order valence-corrected chi connectivity index (χ0v) is 19.3. The van der Waals surface area contributed by atoms with E-state index in [1.165, 1.54) is 25.3 Å². The van der Waals surface area contributed by atoms with Gasteiger partial charge in [-0.1, -0.05) is 43.3 Å². The topological polar surface area (TPSA) is 94.4 Å². The Balaban J connectivity index is 1.57. The van der Waals surface area contributed by atoms with Gasteiger partial charge in [0.2, 0.25) is 5.91 Å². The molecule has 0 saturated carbocycles. The van der Waals surface area contributed by atoms with Gasteiger partial charge in [-0.05, 0) is 24.1 Å². The monoisotopic (exact) mass is 462 g/mol. The highest BCUT2D eigenvalue weighted by Gasteiger charge is 2.21. The molecule has 0 radical (unpaired) electrons. The fraction of sp³-hybridized carbons (Fsp3) is 0.208. The van der Waals surface area contributed by atoms with Gasteiger partial charge in [-0.3, -0.25) is 14.5 Å². The Morgan fingerprint density at radius 2 is 1.79 bits per heavy atom. The SMILES string of the molecule is CCc1ccccc1N(C(C)=O)c1nc(COC(=O)c2nn(C)c(=O)c3ccccc23)cs1. The van der Waals surface area contributed by atoms with Crippen LogP contribution < -0.4 is 10.5 Å². The predicted molar refractivity (Wildman–Crippen MR) is 127 cm³/mol. The summed E-state index contributed by atoms with van der Waals surface area (Å²) in [4.78, 5) is 43.5. The molecule has 0 unspecified atom stereocenters. The Labute approximate surface area is 194 Å². The average Bonchev–Trinajstić information content (AvgIpc) is 3.28. The maximum absolute atomic E-state index is 12.8. The number of fused-ring (bicyclic) bond motifs is 1. The number of para-hydroxylation sites is 1. The Hall–Kier alpha value is -3.85. The molecule has 0 saturated heterocycles. The first kappa shape index (κ1) is 22.3. The third-order valence-electron chi connectivity index (χ3n) is 5.16. The molecule has 8 nitrogen and oxygen atoms in total. The number of nitrogens with zero attached hydrogens (tertiary/aromatic N) is 4. The molecule has 0 atom stereocenters. The molecule has 9 heteroatoms. The molecule has 2 aromatic heterocycles. The minimum atomic E-state index is -0.656. The fourth-order valence-electron chi connectivity index (χ4n) is 3.56. The summed E-state index contributed by atoms with van der Waals surface area (Å²) in [6.45, 7) is 3.43. The van der Waals surface area contributed by atoms with E-state index in [0.29, 0.717) is 21.6 Å². The maximum Gasteiger partial charge on any atom is 0.359 e. The summed E-state index contributed by atoms with van der Waals surface area (Å²) in [5.41, 5.74) is 2.10. The molecule has 4 aromatic rings. The van der Waals surface area contributed by atoms with Crippen LogP contribution in [0.3, 0.4) is 0 Å². The molecule has 0 spiro atoms. The van der Waals surface area contributed by atoms with Crippen molar-refractivity contribution in [1.29, 1.82) is 0 Å². The van der Waals surface area contributed by atoms with Crippen LogP contribution in [0.1, 0.15) is 35.6 Å². The van der Waals surface area contributed by atoms with Crippen LogP contribution in [0.25, 0.3) is 10.8 Å². The number of rotatable bonds is 6. The average molecular weight is 463 g/mol. The third kappa shape index (κ3) is 4.40. The molecular formula is C24H22N4O4S. The number of esters is 1. The van der Waals surface area contributed by atoms with Crippen LogP contribution in [0.2, 0.25) is 0 Å². The van der Waals surface area contributed by atoms with E-state index in [-0.39, 0.29) is 23.8 Å². The minimum Gasteiger partial charge on any atom is -0.454 e. The minimum absolute atomic E-state index is 0.0605. The number of aryl methyl sites for hydroxylation is 2. The summed E-state index contributed by atoms with van der Waals surface area (Å²) >= 11 is 1.30. The number of aromatic nitrogens is 3. The lowest BCUT2D eigenvalue weighted by Crippen LogP contribution is -2.24. The van der Waals surface area contributed by atoms with E-state index in [4.69, 9.17) is 4.74 Å². The number of amides is 1. The lowest BCUT2D eigenvalue weighted by atomic mass is 10.1. The third-order valence-corrected chi connectivity index (χ3v) is 6.03. The molecule has 0 aliphatic rings. The summed E-state index contributed by atoms with van der Waals surface area (Å²) in [5.74, 6) is -0.814. The number of anilines is 2. The lowest BCUT2D eigenvalue weighted by Gasteiger charge is -2.20. The Kier molecular flexibility index (Phi) is 6.32. The predicted octanol–water partition coefficient (Wildman–Crippen LogP) is 3.99. The van der Waals surface area contributed by atoms with Crippen molar-refractivity contribution in [3.05, 3.63) is 81.2 Å². The molecule has 0 aliphatic carbocycles. The second kappa shape index (κ2) is 9.33. The molecule has 33 heavy (non-hydrogen) atoms. The molecule has 1 amide bonds. The van der Waals surface area contributed by atoms with E-state index in [1.54, 1.807) is 34.5 Å². The highest BCUT2D eigenvalue weighted by molar-refractivity contribution is 7.14. The highest BCUT2D eigenvalue weighted by Crippen LogP contribution is 2.32. The molecule has 0 aliphatic heterocycles. The van der Waals surface area contributed by atoms with Crippen molar-refractivity contribution in [3.8, 4) is 0 Å². The number of hydrogen-bond donors (Lipinski definition) is 0. The van der Waals surface area contributed by atoms with Gasteiger partial charge in [0, 0.05) is 24.7 Å². The number of benzene rings is 2. The number of hydrogen-bond acceptors (Lipinski definition) is 7. The molecule has 0 bridgehead atoms. The number of ether oxygens (including phenoxy) is 1. The van der Waals surface area contributed by atoms with Gasteiger partial charge in [-0.15, -0.1) is 11.3 Å². The van der Waals surface area contributed by atoms with Gasteiger partial charge in [0.05, 0.1) is 16.8 Å². The Morgan fingerprint density at radius 1 is 1.09 bits per heavy atom. The molecule has 0 fully saturated rings. The van der Waals surface area contributed by atoms with E-state index >= 15 is 0 Å². The number of thiazole rings is 1. The van der Waals surface area contributed by atoms with Crippen LogP contribution in [0.4, 0.5) is 10.8 Å². The largest absolute Gasteiger partial charge is 0.454 e. The van der Waals surface area contributed by atoms with Gasteiger partial charge in [0.15, 0.2) is 10.8 Å². The molecule has 2 heterocycles. The van der Waals surface area contributed by atoms with Crippen molar-refractivity contribution in [2.75, 3.05) is 4.90 Å². The summed E-state index contributed by atoms with van der Waals surface area (Å²) in [5, 5.41) is 7.16. The van der Waals surface area contributed by atoms with Gasteiger partial charge >= 0.3 is 5.97 Å². The fourth-order valence-corrected chi connectivity index (χ4v) is 4.42. The van der Waals surface area contributed by atoms with Gasteiger partial charge in [-0.2, -0.15) is 5.10 Å². The second-order valence-electron chi connectivity index (χ2n) is 7.36. The normalized spacial score (nSPS) is 10.9. The van der Waals surface area contributed by atoms with Crippen LogP contribution in [0.5, 0.6) is 0 Å². The highest BCUT2D eigenvalue weighted by atomic mass is 32.1. The van der Waals surface area contributed by atoms with Crippen LogP contribution in [0.15, 0.2) is 58.7 Å². The molecule has 2 aromatic carbocycles. The maximum atomic E-state index is 12.8. The van der Waals surface area contributed by atoms with Gasteiger partial charge < -0.3 is 4.74 Å². The zero-order valence-electron chi connectivity index (χ0n) is 18.4. The molecule has 0 N–H and O–H groups in total. The van der Waals surface area contributed by atoms with Crippen molar-refractivity contribution in [3.63, 3.8) is 0 Å². The smallest absolute Gasteiger partial charge is 0.359 e. The quantitative estimate of drug-likeness (QED) is 0.402. The van der Waals surface area contributed by atoms with E-state index < -0.39 is 5.97 Å². The van der Waals surface area contributed by atoms with Crippen LogP contribution in [-0.2, 0) is 29.6 Å². The first-order valence-electron chi connectivity index (χ1n) is 10.4. The van der Waals surface area contributed by atoms with E-state index in [9.17, 15) is 14.4 Å². The first-order valence-corrected chi connectivity index (χ1v) is 11.2. The molecule has 4 rings (SSSR count). The lowest BCUT2D eigenvalue weighted by molar-refractivity contribution is -0.115. The van der Waals surface area contributed by atoms with E-state index in [2.05, 4.69) is 10.1 Å². The zero-order chi connectivity index (χ0) is 23.5. The number of carbonyl (C=O) groups excluding carboxylic acids is 2. The standard InChI is InChI=1S/C24H22N4O4S/c1-4-16-9-5-8-12-20(16)28(15(2)29)24-25-17(14-33-24)13-32-23(31)21-18-10-6-7-11-19(18)22(30)27(3)26-21/h5-12,14H,4,13H2,1-3H3. The molecule has 168 valence electrons. The van der Waals surface area contributed by atoms with Gasteiger partial charge in [0.25, 0.3) is 5.56 Å². The molecular weight excluding hydrogens is 440 g/mol. The van der Waals surface area contributed by atoms with Gasteiger partial charge in [-0.25, -0.2) is 14.5 Å². The second-order valence-corrected chi connectivity index (χ2v) is 8.19. The van der Waals surface area contributed by atoms with Crippen LogP contribution >= 0.6 is 11.3 Å². The van der Waals surface area contributed by atoms with Crippen molar-refractivity contribution in [2.24, 2.45) is 7.05 Å². The van der Waals surface area contributed by atoms with Crippen molar-refractivity contribution in [2.45, 2.75) is 26.9 Å². The van der Waals surface area contributed by atoms with Crippen LogP contribution in [0, 0.1) is 0 Å². The van der Waals surface area contributed by atoms with Crippen molar-refractivity contribution < 1.29 is 14.3 Å². The number of carbonyl (C=O) groups is 2.